The lowest BCUT2D eigenvalue weighted by molar-refractivity contribution is -0.118. The van der Waals surface area contributed by atoms with Crippen LogP contribution in [0.1, 0.15) is 10.4 Å². The first-order valence-corrected chi connectivity index (χ1v) is 10.0. The van der Waals surface area contributed by atoms with E-state index in [4.69, 9.17) is 0 Å². The maximum absolute atomic E-state index is 13.0. The summed E-state index contributed by atoms with van der Waals surface area (Å²) in [6, 6.07) is 8.29. The van der Waals surface area contributed by atoms with E-state index in [9.17, 15) is 9.18 Å². The number of carbonyl (C=O) groups is 1. The van der Waals surface area contributed by atoms with Crippen molar-refractivity contribution >= 4 is 40.3 Å². The molecule has 0 aliphatic carbocycles. The van der Waals surface area contributed by atoms with Gasteiger partial charge in [-0.3, -0.25) is 4.79 Å². The Bertz CT molecular complexity index is 826. The van der Waals surface area contributed by atoms with Gasteiger partial charge < -0.3 is 5.32 Å². The lowest BCUT2D eigenvalue weighted by Crippen LogP contribution is -2.24. The van der Waals surface area contributed by atoms with Crippen LogP contribution in [0, 0.1) is 12.7 Å². The molecule has 0 saturated heterocycles. The average Bonchev–Trinajstić information content (AvgIpc) is 3.21. The predicted octanol–water partition coefficient (Wildman–Crippen LogP) is 4.73. The third-order valence-electron chi connectivity index (χ3n) is 3.36. The molecule has 2 heterocycles. The van der Waals surface area contributed by atoms with Crippen LogP contribution in [-0.4, -0.2) is 16.6 Å². The van der Waals surface area contributed by atoms with Gasteiger partial charge in [0.25, 0.3) is 0 Å². The van der Waals surface area contributed by atoms with Gasteiger partial charge in [0.05, 0.1) is 18.0 Å². The van der Waals surface area contributed by atoms with E-state index in [1.807, 2.05) is 23.8 Å². The number of nitrogens with zero attached hydrogens (tertiary/aromatic N) is 1. The Hall–Kier alpha value is -1.70. The van der Waals surface area contributed by atoms with Crippen molar-refractivity contribution in [1.82, 2.24) is 10.3 Å². The van der Waals surface area contributed by atoms with Crippen molar-refractivity contribution in [2.45, 2.75) is 17.8 Å². The number of amides is 1. The van der Waals surface area contributed by atoms with E-state index in [2.05, 4.69) is 10.3 Å². The minimum absolute atomic E-state index is 0.00803. The van der Waals surface area contributed by atoms with Gasteiger partial charge in [0.15, 0.2) is 4.34 Å². The molecule has 2 aromatic heterocycles. The Kier molecular flexibility index (Phi) is 5.65. The molecule has 0 radical (unpaired) electrons. The van der Waals surface area contributed by atoms with Gasteiger partial charge in [0.1, 0.15) is 5.82 Å². The van der Waals surface area contributed by atoms with Gasteiger partial charge in [-0.15, -0.1) is 22.7 Å². The van der Waals surface area contributed by atoms with Crippen molar-refractivity contribution in [2.24, 2.45) is 0 Å². The molecule has 0 atom stereocenters. The SMILES string of the molecule is Cc1ccsc1CNC(=O)CSc1nc(-c2ccc(F)cc2)cs1. The number of thiophene rings is 1. The molecule has 7 heteroatoms. The molecule has 3 aromatic rings. The fourth-order valence-electron chi connectivity index (χ4n) is 2.02. The summed E-state index contributed by atoms with van der Waals surface area (Å²) >= 11 is 4.55. The number of aryl methyl sites for hydroxylation is 1. The number of rotatable bonds is 6. The highest BCUT2D eigenvalue weighted by atomic mass is 32.2. The first kappa shape index (κ1) is 17.1. The number of halogens is 1. The van der Waals surface area contributed by atoms with Crippen LogP contribution in [0.4, 0.5) is 4.39 Å². The molecule has 0 spiro atoms. The Labute approximate surface area is 152 Å². The molecule has 0 saturated carbocycles. The van der Waals surface area contributed by atoms with Gasteiger partial charge in [-0.1, -0.05) is 11.8 Å². The van der Waals surface area contributed by atoms with Crippen LogP contribution in [0.3, 0.4) is 0 Å². The quantitative estimate of drug-likeness (QED) is 0.631. The van der Waals surface area contributed by atoms with Crippen LogP contribution in [-0.2, 0) is 11.3 Å². The molecule has 0 aliphatic rings. The van der Waals surface area contributed by atoms with Gasteiger partial charge in [0, 0.05) is 15.8 Å². The molecule has 0 unspecified atom stereocenters. The monoisotopic (exact) mass is 378 g/mol. The molecule has 0 fully saturated rings. The van der Waals surface area contributed by atoms with Crippen molar-refractivity contribution in [3.8, 4) is 11.3 Å². The van der Waals surface area contributed by atoms with Crippen LogP contribution in [0.15, 0.2) is 45.4 Å². The number of benzene rings is 1. The molecule has 24 heavy (non-hydrogen) atoms. The topological polar surface area (TPSA) is 42.0 Å². The van der Waals surface area contributed by atoms with E-state index in [-0.39, 0.29) is 11.7 Å². The molecule has 0 bridgehead atoms. The molecule has 1 N–H and O–H groups in total. The molecular weight excluding hydrogens is 363 g/mol. The summed E-state index contributed by atoms with van der Waals surface area (Å²) in [6.07, 6.45) is 0. The largest absolute Gasteiger partial charge is 0.350 e. The summed E-state index contributed by atoms with van der Waals surface area (Å²) in [5, 5.41) is 6.87. The molecule has 1 aromatic carbocycles. The number of aromatic nitrogens is 1. The Morgan fingerprint density at radius 2 is 2.04 bits per heavy atom. The molecule has 1 amide bonds. The first-order chi connectivity index (χ1) is 11.6. The van der Waals surface area contributed by atoms with Crippen molar-refractivity contribution < 1.29 is 9.18 Å². The van der Waals surface area contributed by atoms with E-state index in [0.29, 0.717) is 12.3 Å². The summed E-state index contributed by atoms with van der Waals surface area (Å²) < 4.78 is 13.8. The highest BCUT2D eigenvalue weighted by Gasteiger charge is 2.09. The van der Waals surface area contributed by atoms with Gasteiger partial charge in [-0.2, -0.15) is 0 Å². The smallest absolute Gasteiger partial charge is 0.230 e. The van der Waals surface area contributed by atoms with E-state index >= 15 is 0 Å². The van der Waals surface area contributed by atoms with E-state index in [1.165, 1.54) is 45.7 Å². The van der Waals surface area contributed by atoms with Gasteiger partial charge in [-0.25, -0.2) is 9.37 Å². The second-order valence-corrected chi connectivity index (χ2v) is 8.18. The maximum atomic E-state index is 13.0. The number of nitrogens with one attached hydrogen (secondary N) is 1. The fraction of sp³-hybridized carbons (Fsp3) is 0.176. The van der Waals surface area contributed by atoms with Crippen LogP contribution in [0.25, 0.3) is 11.3 Å². The molecule has 124 valence electrons. The van der Waals surface area contributed by atoms with Crippen molar-refractivity contribution in [1.29, 1.82) is 0 Å². The number of hydrogen-bond donors (Lipinski definition) is 1. The van der Waals surface area contributed by atoms with Crippen LogP contribution in [0.2, 0.25) is 0 Å². The van der Waals surface area contributed by atoms with Gasteiger partial charge in [-0.05, 0) is 48.2 Å². The van der Waals surface area contributed by atoms with Crippen LogP contribution < -0.4 is 5.32 Å². The zero-order valence-corrected chi connectivity index (χ0v) is 15.4. The second-order valence-electron chi connectivity index (χ2n) is 5.10. The van der Waals surface area contributed by atoms with Gasteiger partial charge in [0.2, 0.25) is 5.91 Å². The standard InChI is InChI=1S/C17H15FN2OS3/c1-11-6-7-22-15(11)8-19-16(21)10-24-17-20-14(9-23-17)12-2-4-13(18)5-3-12/h2-7,9H,8,10H2,1H3,(H,19,21). The average molecular weight is 379 g/mol. The van der Waals surface area contributed by atoms with E-state index in [0.717, 1.165) is 15.6 Å². The summed E-state index contributed by atoms with van der Waals surface area (Å²) in [7, 11) is 0. The summed E-state index contributed by atoms with van der Waals surface area (Å²) in [6.45, 7) is 2.61. The zero-order chi connectivity index (χ0) is 16.9. The van der Waals surface area contributed by atoms with E-state index < -0.39 is 0 Å². The fourth-order valence-corrected chi connectivity index (χ4v) is 4.53. The molecule has 0 aliphatic heterocycles. The predicted molar refractivity (Wildman–Crippen MR) is 99.1 cm³/mol. The first-order valence-electron chi connectivity index (χ1n) is 7.26. The van der Waals surface area contributed by atoms with E-state index in [1.54, 1.807) is 23.5 Å². The van der Waals surface area contributed by atoms with Gasteiger partial charge >= 0.3 is 0 Å². The Morgan fingerprint density at radius 3 is 2.75 bits per heavy atom. The minimum Gasteiger partial charge on any atom is -0.350 e. The van der Waals surface area contributed by atoms with Crippen molar-refractivity contribution in [3.05, 3.63) is 57.3 Å². The van der Waals surface area contributed by atoms with Crippen molar-refractivity contribution in [2.75, 3.05) is 5.75 Å². The normalized spacial score (nSPS) is 10.8. The summed E-state index contributed by atoms with van der Waals surface area (Å²) in [5.41, 5.74) is 2.88. The van der Waals surface area contributed by atoms with Crippen LogP contribution >= 0.6 is 34.4 Å². The number of carbonyl (C=O) groups excluding carboxylic acids is 1. The second kappa shape index (κ2) is 7.92. The highest BCUT2D eigenvalue weighted by molar-refractivity contribution is 8.01. The van der Waals surface area contributed by atoms with Crippen molar-refractivity contribution in [3.63, 3.8) is 0 Å². The molecule has 3 rings (SSSR count). The molecular formula is C17H15FN2OS3. The maximum Gasteiger partial charge on any atom is 0.230 e. The summed E-state index contributed by atoms with van der Waals surface area (Å²) in [4.78, 5) is 17.6. The third-order valence-corrected chi connectivity index (χ3v) is 6.41. The number of thioether (sulfide) groups is 1. The zero-order valence-electron chi connectivity index (χ0n) is 12.9. The Balaban J connectivity index is 1.51. The minimum atomic E-state index is -0.263. The van der Waals surface area contributed by atoms with Crippen LogP contribution in [0.5, 0.6) is 0 Å². The number of thiazole rings is 1. The lowest BCUT2D eigenvalue weighted by Gasteiger charge is -2.03. The Morgan fingerprint density at radius 1 is 1.25 bits per heavy atom. The third kappa shape index (κ3) is 4.43. The number of hydrogen-bond acceptors (Lipinski definition) is 5. The summed E-state index contributed by atoms with van der Waals surface area (Å²) in [5.74, 6) is 0.0633. The lowest BCUT2D eigenvalue weighted by atomic mass is 10.2. The highest BCUT2D eigenvalue weighted by Crippen LogP contribution is 2.28. The molecule has 3 nitrogen and oxygen atoms in total.